The molecule has 8 heteroatoms. The molecule has 0 aliphatic rings. The van der Waals surface area contributed by atoms with Gasteiger partial charge in [-0.1, -0.05) is 60.8 Å². The number of sulfonamides is 1. The van der Waals surface area contributed by atoms with E-state index < -0.39 is 10.0 Å². The fraction of sp³-hybridized carbons (Fsp3) is 0.0400. The lowest BCUT2D eigenvalue weighted by Gasteiger charge is -2.15. The molecule has 0 saturated carbocycles. The molecule has 0 aromatic heterocycles. The number of hydrogen-bond acceptors (Lipinski definition) is 6. The molecule has 0 spiro atoms. The Morgan fingerprint density at radius 1 is 0.879 bits per heavy atom. The van der Waals surface area contributed by atoms with Gasteiger partial charge < -0.3 is 10.2 Å². The topological polar surface area (TPSA) is 86.6 Å². The minimum Gasteiger partial charge on any atom is -0.512 e. The fourth-order valence-electron chi connectivity index (χ4n) is 3.21. The minimum absolute atomic E-state index is 0.0297. The predicted molar refractivity (Wildman–Crippen MR) is 136 cm³/mol. The number of rotatable bonds is 8. The average molecular weight is 496 g/mol. The number of fused-ring (bicyclic) bond motifs is 1. The van der Waals surface area contributed by atoms with Crippen molar-refractivity contribution in [3.8, 4) is 5.75 Å². The first kappa shape index (κ1) is 23.1. The summed E-state index contributed by atoms with van der Waals surface area (Å²) < 4.78 is 28.9. The molecule has 0 fully saturated rings. The standard InChI is InChI=1S/C25H21NO4S3/c1-17(27)16-31-24-15-23(21-9-5-6-10-22(21)25(24)28)26-33(29,30)20-13-11-19(12-14-20)32-18-7-3-2-4-8-18/h2-15,26-28H,1,16H2. The molecule has 5 nitrogen and oxygen atoms in total. The maximum absolute atomic E-state index is 13.1. The third-order valence-electron chi connectivity index (χ3n) is 4.73. The van der Waals surface area contributed by atoms with Crippen molar-refractivity contribution >= 4 is 50.0 Å². The van der Waals surface area contributed by atoms with Crippen molar-refractivity contribution in [1.82, 2.24) is 0 Å². The number of aliphatic hydroxyl groups is 1. The first-order valence-corrected chi connectivity index (χ1v) is 13.2. The van der Waals surface area contributed by atoms with Crippen LogP contribution in [0, 0.1) is 0 Å². The Morgan fingerprint density at radius 3 is 2.15 bits per heavy atom. The Balaban J connectivity index is 1.64. The largest absolute Gasteiger partial charge is 0.512 e. The number of aliphatic hydroxyl groups excluding tert-OH is 1. The normalized spacial score (nSPS) is 11.4. The summed E-state index contributed by atoms with van der Waals surface area (Å²) in [4.78, 5) is 2.57. The Labute approximate surface area is 201 Å². The van der Waals surface area contributed by atoms with E-state index in [0.29, 0.717) is 21.4 Å². The van der Waals surface area contributed by atoms with E-state index in [2.05, 4.69) is 11.3 Å². The van der Waals surface area contributed by atoms with Gasteiger partial charge in [0.15, 0.2) is 0 Å². The van der Waals surface area contributed by atoms with Crippen LogP contribution < -0.4 is 4.72 Å². The number of thioether (sulfide) groups is 1. The van der Waals surface area contributed by atoms with E-state index in [1.807, 2.05) is 30.3 Å². The van der Waals surface area contributed by atoms with Crippen LogP contribution in [-0.4, -0.2) is 24.4 Å². The number of phenols is 1. The lowest BCUT2D eigenvalue weighted by Crippen LogP contribution is -2.13. The van der Waals surface area contributed by atoms with E-state index in [1.165, 1.54) is 11.8 Å². The summed E-state index contributed by atoms with van der Waals surface area (Å²) in [5, 5.41) is 21.2. The van der Waals surface area contributed by atoms with Crippen molar-refractivity contribution in [2.75, 3.05) is 10.5 Å². The zero-order valence-corrected chi connectivity index (χ0v) is 19.9. The van der Waals surface area contributed by atoms with Gasteiger partial charge in [-0.25, -0.2) is 8.42 Å². The lowest BCUT2D eigenvalue weighted by atomic mass is 10.1. The van der Waals surface area contributed by atoms with Gasteiger partial charge >= 0.3 is 0 Å². The summed E-state index contributed by atoms with van der Waals surface area (Å²) >= 11 is 2.72. The Kier molecular flexibility index (Phi) is 6.88. The van der Waals surface area contributed by atoms with Crippen LogP contribution in [0.5, 0.6) is 5.75 Å². The Hall–Kier alpha value is -3.07. The highest BCUT2D eigenvalue weighted by Gasteiger charge is 2.19. The lowest BCUT2D eigenvalue weighted by molar-refractivity contribution is 0.420. The molecule has 3 N–H and O–H groups in total. The number of benzene rings is 4. The van der Waals surface area contributed by atoms with Gasteiger partial charge in [-0.3, -0.25) is 4.72 Å². The predicted octanol–water partition coefficient (Wildman–Crippen LogP) is 6.66. The van der Waals surface area contributed by atoms with E-state index in [4.69, 9.17) is 0 Å². The maximum atomic E-state index is 13.1. The van der Waals surface area contributed by atoms with Crippen LogP contribution in [0.25, 0.3) is 10.8 Å². The van der Waals surface area contributed by atoms with Crippen LogP contribution in [0.4, 0.5) is 5.69 Å². The molecule has 0 aliphatic carbocycles. The van der Waals surface area contributed by atoms with Gasteiger partial charge in [0.1, 0.15) is 5.75 Å². The average Bonchev–Trinajstić information content (AvgIpc) is 2.81. The van der Waals surface area contributed by atoms with E-state index >= 15 is 0 Å². The van der Waals surface area contributed by atoms with E-state index in [0.717, 1.165) is 9.79 Å². The van der Waals surface area contributed by atoms with E-state index in [1.54, 1.807) is 66.4 Å². The van der Waals surface area contributed by atoms with Crippen LogP contribution in [0.1, 0.15) is 0 Å². The fourth-order valence-corrected chi connectivity index (χ4v) is 5.88. The molecule has 0 atom stereocenters. The summed E-state index contributed by atoms with van der Waals surface area (Å²) in [5.74, 6) is 0.170. The summed E-state index contributed by atoms with van der Waals surface area (Å²) in [6.07, 6.45) is 0. The molecule has 0 amide bonds. The molecule has 0 bridgehead atoms. The molecule has 4 aromatic carbocycles. The van der Waals surface area contributed by atoms with Crippen LogP contribution in [0.3, 0.4) is 0 Å². The quantitative estimate of drug-likeness (QED) is 0.144. The first-order chi connectivity index (χ1) is 15.8. The second-order valence-corrected chi connectivity index (χ2v) is 11.0. The molecule has 4 rings (SSSR count). The number of hydrogen-bond donors (Lipinski definition) is 3. The molecule has 0 radical (unpaired) electrons. The molecule has 0 unspecified atom stereocenters. The Morgan fingerprint density at radius 2 is 1.48 bits per heavy atom. The summed E-state index contributed by atoms with van der Waals surface area (Å²) in [5.41, 5.74) is 0.345. The van der Waals surface area contributed by atoms with E-state index in [9.17, 15) is 18.6 Å². The number of aromatic hydroxyl groups is 1. The summed E-state index contributed by atoms with van der Waals surface area (Å²) in [6, 6.07) is 25.1. The van der Waals surface area contributed by atoms with Crippen molar-refractivity contribution in [2.45, 2.75) is 19.6 Å². The minimum atomic E-state index is -3.87. The van der Waals surface area contributed by atoms with Crippen LogP contribution in [-0.2, 0) is 10.0 Å². The maximum Gasteiger partial charge on any atom is 0.261 e. The van der Waals surface area contributed by atoms with E-state index in [-0.39, 0.29) is 22.2 Å². The third kappa shape index (κ3) is 5.47. The van der Waals surface area contributed by atoms with Crippen molar-refractivity contribution < 1.29 is 18.6 Å². The SMILES string of the molecule is C=C(O)CSc1cc(NS(=O)(=O)c2ccc(Sc3ccccc3)cc2)c2ccccc2c1O. The smallest absolute Gasteiger partial charge is 0.261 e. The molecular formula is C25H21NO4S3. The van der Waals surface area contributed by atoms with Crippen LogP contribution >= 0.6 is 23.5 Å². The third-order valence-corrected chi connectivity index (χ3v) is 8.23. The zero-order valence-electron chi connectivity index (χ0n) is 17.4. The molecule has 0 saturated heterocycles. The van der Waals surface area contributed by atoms with Crippen molar-refractivity contribution in [3.63, 3.8) is 0 Å². The highest BCUT2D eigenvalue weighted by Crippen LogP contribution is 2.41. The zero-order chi connectivity index (χ0) is 23.4. The monoisotopic (exact) mass is 495 g/mol. The summed E-state index contributed by atoms with van der Waals surface area (Å²) in [7, 11) is -3.87. The van der Waals surface area contributed by atoms with Gasteiger partial charge in [0, 0.05) is 20.6 Å². The number of phenolic OH excluding ortho intramolecular Hbond substituents is 1. The molecular weight excluding hydrogens is 474 g/mol. The van der Waals surface area contributed by atoms with Gasteiger partial charge in [-0.2, -0.15) is 0 Å². The van der Waals surface area contributed by atoms with Crippen molar-refractivity contribution in [3.05, 3.63) is 97.3 Å². The summed E-state index contributed by atoms with van der Waals surface area (Å²) in [6.45, 7) is 3.46. The molecule has 4 aromatic rings. The second-order valence-electron chi connectivity index (χ2n) is 7.16. The van der Waals surface area contributed by atoms with Gasteiger partial charge in [0.2, 0.25) is 0 Å². The molecule has 0 heterocycles. The molecule has 0 aliphatic heterocycles. The second kappa shape index (κ2) is 9.82. The molecule has 33 heavy (non-hydrogen) atoms. The van der Waals surface area contributed by atoms with Crippen molar-refractivity contribution in [1.29, 1.82) is 0 Å². The Bertz CT molecular complexity index is 1400. The van der Waals surface area contributed by atoms with Crippen LogP contribution in [0.15, 0.2) is 117 Å². The van der Waals surface area contributed by atoms with Crippen LogP contribution in [0.2, 0.25) is 0 Å². The van der Waals surface area contributed by atoms with Gasteiger partial charge in [-0.15, -0.1) is 11.8 Å². The highest BCUT2D eigenvalue weighted by atomic mass is 32.2. The van der Waals surface area contributed by atoms with Gasteiger partial charge in [0.05, 0.1) is 27.0 Å². The number of anilines is 1. The first-order valence-electron chi connectivity index (χ1n) is 9.93. The highest BCUT2D eigenvalue weighted by molar-refractivity contribution is 7.99. The molecule has 168 valence electrons. The van der Waals surface area contributed by atoms with Gasteiger partial charge in [-0.05, 0) is 42.5 Å². The van der Waals surface area contributed by atoms with Crippen molar-refractivity contribution in [2.24, 2.45) is 0 Å². The number of nitrogens with one attached hydrogen (secondary N) is 1. The van der Waals surface area contributed by atoms with Gasteiger partial charge in [0.25, 0.3) is 10.0 Å².